The molecule has 0 aromatic carbocycles. The van der Waals surface area contributed by atoms with Crippen LogP contribution in [0.3, 0.4) is 0 Å². The fourth-order valence-corrected chi connectivity index (χ4v) is 0.810. The summed E-state index contributed by atoms with van der Waals surface area (Å²) in [5, 5.41) is 23.3. The summed E-state index contributed by atoms with van der Waals surface area (Å²) in [5.74, 6) is 0. The Morgan fingerprint density at radius 3 is 2.31 bits per heavy atom. The molecule has 0 aliphatic heterocycles. The van der Waals surface area contributed by atoms with E-state index in [1.807, 2.05) is 0 Å². The van der Waals surface area contributed by atoms with Gasteiger partial charge in [-0.05, 0) is 6.92 Å². The summed E-state index contributed by atoms with van der Waals surface area (Å²) < 4.78 is 0. The first-order chi connectivity index (χ1) is 6.04. The van der Waals surface area contributed by atoms with Gasteiger partial charge >= 0.3 is 0 Å². The summed E-state index contributed by atoms with van der Waals surface area (Å²) in [5.41, 5.74) is 5.33. The van der Waals surface area contributed by atoms with Crippen molar-refractivity contribution >= 4 is 0 Å². The topological polar surface area (TPSA) is 125 Å². The van der Waals surface area contributed by atoms with E-state index in [1.54, 1.807) is 0 Å². The maximum absolute atomic E-state index is 10.00. The average molecular weight is 191 g/mol. The zero-order valence-corrected chi connectivity index (χ0v) is 7.20. The van der Waals surface area contributed by atoms with Crippen LogP contribution in [0.1, 0.15) is 6.92 Å². The summed E-state index contributed by atoms with van der Waals surface area (Å²) >= 11 is 0. The van der Waals surface area contributed by atoms with Gasteiger partial charge in [-0.1, -0.05) is 10.4 Å². The predicted molar refractivity (Wildman–Crippen MR) is 45.9 cm³/mol. The van der Waals surface area contributed by atoms with Crippen molar-refractivity contribution in [2.45, 2.75) is 31.2 Å². The molecular weight excluding hydrogens is 178 g/mol. The Bertz CT molecular complexity index is 177. The molecule has 4 unspecified atom stereocenters. The maximum atomic E-state index is 10.00. The number of rotatable bonds is 6. The highest BCUT2D eigenvalue weighted by Gasteiger charge is 2.28. The smallest absolute Gasteiger partial charge is 0.117 e. The molecule has 76 valence electrons. The highest BCUT2D eigenvalue weighted by Crippen LogP contribution is 2.05. The van der Waals surface area contributed by atoms with E-state index in [2.05, 4.69) is 10.4 Å². The number of aliphatic hydroxyl groups is 2. The van der Waals surface area contributed by atoms with E-state index in [4.69, 9.17) is 10.8 Å². The summed E-state index contributed by atoms with van der Waals surface area (Å²) in [6, 6.07) is -2.01. The molecule has 0 aliphatic rings. The lowest BCUT2D eigenvalue weighted by molar-refractivity contribution is 0.0489. The highest BCUT2D eigenvalue weighted by atomic mass is 16.3. The van der Waals surface area contributed by atoms with Gasteiger partial charge in [0, 0.05) is 0 Å². The molecule has 7 heteroatoms. The molecule has 4 atom stereocenters. The van der Waals surface area contributed by atoms with E-state index in [-0.39, 0.29) is 0 Å². The van der Waals surface area contributed by atoms with Crippen molar-refractivity contribution in [1.82, 2.24) is 0 Å². The van der Waals surface area contributed by atoms with E-state index >= 15 is 0 Å². The van der Waals surface area contributed by atoms with Crippen LogP contribution in [0, 0.1) is 9.81 Å². The first kappa shape index (κ1) is 12.1. The number of nitrogens with zero attached hydrogens (tertiary/aromatic N) is 2. The molecule has 0 aromatic heterocycles. The van der Waals surface area contributed by atoms with E-state index in [0.29, 0.717) is 0 Å². The third-order valence-electron chi connectivity index (χ3n) is 1.76. The van der Waals surface area contributed by atoms with Crippen LogP contribution in [0.2, 0.25) is 0 Å². The second kappa shape index (κ2) is 5.68. The molecule has 0 radical (unpaired) electrons. The standard InChI is InChI=1S/C6H13N3O4/c1-3(9-13)6(11)5(7)4(10)2-8-12/h3-6,10-11H,2,7H2,1H3. The fourth-order valence-electron chi connectivity index (χ4n) is 0.810. The fraction of sp³-hybridized carbons (Fsp3) is 1.00. The van der Waals surface area contributed by atoms with Gasteiger partial charge in [-0.2, -0.15) is 9.81 Å². The Kier molecular flexibility index (Phi) is 5.28. The zero-order valence-electron chi connectivity index (χ0n) is 7.20. The van der Waals surface area contributed by atoms with Gasteiger partial charge in [-0.3, -0.25) is 0 Å². The summed E-state index contributed by atoms with van der Waals surface area (Å²) in [6.45, 7) is 0.947. The molecule has 0 amide bonds. The number of nitrogens with two attached hydrogens (primary N) is 1. The first-order valence-electron chi connectivity index (χ1n) is 3.77. The van der Waals surface area contributed by atoms with E-state index in [1.165, 1.54) is 6.92 Å². The lowest BCUT2D eigenvalue weighted by Gasteiger charge is -2.23. The van der Waals surface area contributed by atoms with Crippen LogP contribution < -0.4 is 5.73 Å². The normalized spacial score (nSPS) is 20.0. The van der Waals surface area contributed by atoms with Crippen molar-refractivity contribution in [3.05, 3.63) is 9.81 Å². The van der Waals surface area contributed by atoms with Gasteiger partial charge in [0.25, 0.3) is 0 Å². The van der Waals surface area contributed by atoms with Crippen molar-refractivity contribution < 1.29 is 10.2 Å². The zero-order chi connectivity index (χ0) is 10.4. The van der Waals surface area contributed by atoms with E-state index in [0.717, 1.165) is 0 Å². The van der Waals surface area contributed by atoms with Crippen molar-refractivity contribution in [1.29, 1.82) is 0 Å². The van der Waals surface area contributed by atoms with E-state index in [9.17, 15) is 14.9 Å². The first-order valence-corrected chi connectivity index (χ1v) is 3.77. The minimum Gasteiger partial charge on any atom is -0.389 e. The largest absolute Gasteiger partial charge is 0.389 e. The van der Waals surface area contributed by atoms with Crippen LogP contribution in [0.15, 0.2) is 10.4 Å². The maximum Gasteiger partial charge on any atom is 0.117 e. The molecule has 0 rings (SSSR count). The molecule has 0 heterocycles. The Morgan fingerprint density at radius 2 is 1.92 bits per heavy atom. The average Bonchev–Trinajstić information content (AvgIpc) is 2.14. The van der Waals surface area contributed by atoms with Crippen molar-refractivity contribution in [3.63, 3.8) is 0 Å². The third kappa shape index (κ3) is 3.53. The van der Waals surface area contributed by atoms with Crippen molar-refractivity contribution in [2.24, 2.45) is 16.1 Å². The van der Waals surface area contributed by atoms with Gasteiger partial charge < -0.3 is 15.9 Å². The molecule has 4 N–H and O–H groups in total. The lowest BCUT2D eigenvalue weighted by atomic mass is 10.0. The molecular formula is C6H13N3O4. The van der Waals surface area contributed by atoms with Crippen LogP contribution in [0.4, 0.5) is 0 Å². The number of aliphatic hydroxyl groups excluding tert-OH is 2. The van der Waals surface area contributed by atoms with Gasteiger partial charge in [0.15, 0.2) is 0 Å². The van der Waals surface area contributed by atoms with Crippen LogP contribution in [0.5, 0.6) is 0 Å². The lowest BCUT2D eigenvalue weighted by Crippen LogP contribution is -2.50. The monoisotopic (exact) mass is 191 g/mol. The van der Waals surface area contributed by atoms with Gasteiger partial charge in [0.2, 0.25) is 0 Å². The molecule has 7 nitrogen and oxygen atoms in total. The summed E-state index contributed by atoms with van der Waals surface area (Å²) in [6.07, 6.45) is -2.52. The van der Waals surface area contributed by atoms with Crippen molar-refractivity contribution in [2.75, 3.05) is 6.54 Å². The number of hydrogen-bond donors (Lipinski definition) is 3. The molecule has 13 heavy (non-hydrogen) atoms. The summed E-state index contributed by atoms with van der Waals surface area (Å²) in [7, 11) is 0. The Morgan fingerprint density at radius 1 is 1.38 bits per heavy atom. The SMILES string of the molecule is CC(N=O)C(O)C(N)C(O)CN=O. The van der Waals surface area contributed by atoms with Crippen LogP contribution in [-0.2, 0) is 0 Å². The second-order valence-electron chi connectivity index (χ2n) is 2.79. The van der Waals surface area contributed by atoms with Crippen LogP contribution in [0.25, 0.3) is 0 Å². The molecule has 0 aliphatic carbocycles. The second-order valence-corrected chi connectivity index (χ2v) is 2.79. The quantitative estimate of drug-likeness (QED) is 0.462. The van der Waals surface area contributed by atoms with Crippen LogP contribution in [-0.4, -0.2) is 41.0 Å². The Hall–Kier alpha value is -0.920. The van der Waals surface area contributed by atoms with E-state index < -0.39 is 30.8 Å². The van der Waals surface area contributed by atoms with Gasteiger partial charge in [-0.25, -0.2) is 0 Å². The Balaban J connectivity index is 4.14. The molecule has 0 fully saturated rings. The van der Waals surface area contributed by atoms with Crippen LogP contribution >= 0.6 is 0 Å². The number of nitroso groups, excluding NO2 is 2. The molecule has 0 bridgehead atoms. The minimum atomic E-state index is -1.27. The molecule has 0 saturated heterocycles. The molecule has 0 spiro atoms. The Labute approximate surface area is 74.9 Å². The summed E-state index contributed by atoms with van der Waals surface area (Å²) in [4.78, 5) is 19.7. The highest BCUT2D eigenvalue weighted by molar-refractivity contribution is 4.86. The van der Waals surface area contributed by atoms with Gasteiger partial charge in [-0.15, -0.1) is 0 Å². The van der Waals surface area contributed by atoms with Gasteiger partial charge in [0.1, 0.15) is 12.6 Å². The predicted octanol–water partition coefficient (Wildman–Crippen LogP) is -1.04. The van der Waals surface area contributed by atoms with Crippen molar-refractivity contribution in [3.8, 4) is 0 Å². The minimum absolute atomic E-state index is 0.413. The molecule has 0 saturated carbocycles. The third-order valence-corrected chi connectivity index (χ3v) is 1.76. The molecule has 0 aromatic rings. The number of hydrogen-bond acceptors (Lipinski definition) is 7. The van der Waals surface area contributed by atoms with Gasteiger partial charge in [0.05, 0.1) is 18.2 Å².